The van der Waals surface area contributed by atoms with Crippen LogP contribution in [0.4, 0.5) is 0 Å². The van der Waals surface area contributed by atoms with Crippen LogP contribution in [-0.4, -0.2) is 25.5 Å². The fraction of sp³-hybridized carbons (Fsp3) is 0.273. The average molecular weight is 366 g/mol. The Bertz CT molecular complexity index is 1010. The SMILES string of the molecule is CCc1oc2ccccc2c1C(=O)c1cc(C)c(OCC(=O)OC)cc1C. The first kappa shape index (κ1) is 18.7. The molecule has 3 rings (SSSR count). The minimum atomic E-state index is -0.454. The molecule has 0 bridgehead atoms. The zero-order chi connectivity index (χ0) is 19.6. The summed E-state index contributed by atoms with van der Waals surface area (Å²) >= 11 is 0. The summed E-state index contributed by atoms with van der Waals surface area (Å²) < 4.78 is 16.0. The molecule has 1 aromatic heterocycles. The summed E-state index contributed by atoms with van der Waals surface area (Å²) in [7, 11) is 1.31. The molecule has 0 aliphatic carbocycles. The smallest absolute Gasteiger partial charge is 0.343 e. The number of benzene rings is 2. The molecular formula is C22H22O5. The minimum absolute atomic E-state index is 0.0723. The Morgan fingerprint density at radius 2 is 1.81 bits per heavy atom. The highest BCUT2D eigenvalue weighted by atomic mass is 16.6. The summed E-state index contributed by atoms with van der Waals surface area (Å²) in [5.74, 6) is 0.716. The van der Waals surface area contributed by atoms with Crippen molar-refractivity contribution in [3.63, 3.8) is 0 Å². The maximum absolute atomic E-state index is 13.3. The molecule has 0 aliphatic rings. The molecule has 0 fully saturated rings. The third-order valence-corrected chi connectivity index (χ3v) is 4.56. The van der Waals surface area contributed by atoms with Crippen molar-refractivity contribution >= 4 is 22.7 Å². The Balaban J connectivity index is 2.01. The van der Waals surface area contributed by atoms with Gasteiger partial charge in [-0.25, -0.2) is 4.79 Å². The number of hydrogen-bond donors (Lipinski definition) is 0. The lowest BCUT2D eigenvalue weighted by atomic mass is 9.94. The third kappa shape index (κ3) is 3.58. The highest BCUT2D eigenvalue weighted by molar-refractivity contribution is 6.17. The van der Waals surface area contributed by atoms with Crippen molar-refractivity contribution in [2.24, 2.45) is 0 Å². The molecule has 0 atom stereocenters. The van der Waals surface area contributed by atoms with E-state index in [9.17, 15) is 9.59 Å². The Morgan fingerprint density at radius 3 is 2.52 bits per heavy atom. The number of aryl methyl sites for hydroxylation is 3. The van der Waals surface area contributed by atoms with Gasteiger partial charge in [0.1, 0.15) is 17.1 Å². The van der Waals surface area contributed by atoms with Crippen LogP contribution in [0.5, 0.6) is 5.75 Å². The molecule has 1 heterocycles. The van der Waals surface area contributed by atoms with E-state index in [1.165, 1.54) is 7.11 Å². The normalized spacial score (nSPS) is 10.8. The summed E-state index contributed by atoms with van der Waals surface area (Å²) in [6, 6.07) is 11.1. The summed E-state index contributed by atoms with van der Waals surface area (Å²) in [5, 5.41) is 0.822. The van der Waals surface area contributed by atoms with Crippen molar-refractivity contribution in [2.75, 3.05) is 13.7 Å². The summed E-state index contributed by atoms with van der Waals surface area (Å²) in [6.45, 7) is 5.50. The molecule has 0 unspecified atom stereocenters. The van der Waals surface area contributed by atoms with Gasteiger partial charge in [-0.2, -0.15) is 0 Å². The molecular weight excluding hydrogens is 344 g/mol. The van der Waals surface area contributed by atoms with E-state index in [2.05, 4.69) is 4.74 Å². The number of para-hydroxylation sites is 1. The van der Waals surface area contributed by atoms with Gasteiger partial charge in [0, 0.05) is 17.4 Å². The Hall–Kier alpha value is -3.08. The van der Waals surface area contributed by atoms with E-state index >= 15 is 0 Å². The van der Waals surface area contributed by atoms with Gasteiger partial charge >= 0.3 is 5.97 Å². The second-order valence-corrected chi connectivity index (χ2v) is 6.38. The molecule has 3 aromatic rings. The highest BCUT2D eigenvalue weighted by Gasteiger charge is 2.23. The van der Waals surface area contributed by atoms with Crippen LogP contribution in [0.15, 0.2) is 40.8 Å². The van der Waals surface area contributed by atoms with Crippen LogP contribution in [0.3, 0.4) is 0 Å². The van der Waals surface area contributed by atoms with Gasteiger partial charge < -0.3 is 13.9 Å². The number of esters is 1. The average Bonchev–Trinajstić information content (AvgIpc) is 3.06. The van der Waals surface area contributed by atoms with Crippen molar-refractivity contribution in [1.82, 2.24) is 0 Å². The number of carbonyl (C=O) groups excluding carboxylic acids is 2. The fourth-order valence-electron chi connectivity index (χ4n) is 3.11. The van der Waals surface area contributed by atoms with E-state index in [-0.39, 0.29) is 12.4 Å². The molecule has 27 heavy (non-hydrogen) atoms. The van der Waals surface area contributed by atoms with Crippen LogP contribution in [0.25, 0.3) is 11.0 Å². The lowest BCUT2D eigenvalue weighted by Crippen LogP contribution is -2.14. The molecule has 140 valence electrons. The largest absolute Gasteiger partial charge is 0.482 e. The molecule has 0 N–H and O–H groups in total. The van der Waals surface area contributed by atoms with Gasteiger partial charge in [-0.05, 0) is 43.2 Å². The minimum Gasteiger partial charge on any atom is -0.482 e. The standard InChI is InChI=1S/C22H22O5/c1-5-17-21(15-8-6-7-9-18(15)27-17)22(24)16-10-14(3)19(11-13(16)2)26-12-20(23)25-4/h6-11H,5,12H2,1-4H3. The maximum atomic E-state index is 13.3. The van der Waals surface area contributed by atoms with E-state index in [0.29, 0.717) is 34.6 Å². The van der Waals surface area contributed by atoms with Crippen LogP contribution in [0, 0.1) is 13.8 Å². The van der Waals surface area contributed by atoms with E-state index in [0.717, 1.165) is 16.5 Å². The Morgan fingerprint density at radius 1 is 1.07 bits per heavy atom. The lowest BCUT2D eigenvalue weighted by molar-refractivity contribution is -0.142. The van der Waals surface area contributed by atoms with Crippen molar-refractivity contribution in [3.05, 3.63) is 64.4 Å². The molecule has 0 aliphatic heterocycles. The summed E-state index contributed by atoms with van der Waals surface area (Å²) in [6.07, 6.45) is 0.633. The predicted octanol–water partition coefficient (Wildman–Crippen LogP) is 4.39. The van der Waals surface area contributed by atoms with Gasteiger partial charge in [0.2, 0.25) is 0 Å². The molecule has 0 radical (unpaired) electrons. The van der Waals surface area contributed by atoms with Crippen molar-refractivity contribution in [1.29, 1.82) is 0 Å². The molecule has 0 amide bonds. The van der Waals surface area contributed by atoms with Gasteiger partial charge in [0.05, 0.1) is 12.7 Å². The number of furan rings is 1. The van der Waals surface area contributed by atoms with Crippen molar-refractivity contribution in [2.45, 2.75) is 27.2 Å². The zero-order valence-corrected chi connectivity index (χ0v) is 15.9. The zero-order valence-electron chi connectivity index (χ0n) is 15.9. The molecule has 0 saturated carbocycles. The van der Waals surface area contributed by atoms with Gasteiger partial charge in [0.25, 0.3) is 0 Å². The number of hydrogen-bond acceptors (Lipinski definition) is 5. The monoisotopic (exact) mass is 366 g/mol. The first-order valence-corrected chi connectivity index (χ1v) is 8.82. The Kier molecular flexibility index (Phi) is 5.31. The van der Waals surface area contributed by atoms with Gasteiger partial charge in [-0.1, -0.05) is 25.1 Å². The quantitative estimate of drug-likeness (QED) is 0.478. The number of methoxy groups -OCH3 is 1. The van der Waals surface area contributed by atoms with E-state index in [1.54, 1.807) is 12.1 Å². The molecule has 0 spiro atoms. The molecule has 2 aromatic carbocycles. The number of fused-ring (bicyclic) bond motifs is 1. The van der Waals surface area contributed by atoms with Crippen LogP contribution >= 0.6 is 0 Å². The lowest BCUT2D eigenvalue weighted by Gasteiger charge is -2.12. The van der Waals surface area contributed by atoms with E-state index in [1.807, 2.05) is 45.0 Å². The third-order valence-electron chi connectivity index (χ3n) is 4.56. The number of ketones is 1. The number of carbonyl (C=O) groups is 2. The second-order valence-electron chi connectivity index (χ2n) is 6.38. The molecule has 5 nitrogen and oxygen atoms in total. The van der Waals surface area contributed by atoms with E-state index < -0.39 is 5.97 Å². The Labute approximate surface area is 157 Å². The predicted molar refractivity (Wildman–Crippen MR) is 102 cm³/mol. The fourth-order valence-corrected chi connectivity index (χ4v) is 3.11. The first-order valence-electron chi connectivity index (χ1n) is 8.82. The van der Waals surface area contributed by atoms with Gasteiger partial charge in [-0.15, -0.1) is 0 Å². The highest BCUT2D eigenvalue weighted by Crippen LogP contribution is 2.31. The second kappa shape index (κ2) is 7.66. The van der Waals surface area contributed by atoms with Crippen LogP contribution in [0.1, 0.15) is 39.7 Å². The summed E-state index contributed by atoms with van der Waals surface area (Å²) in [4.78, 5) is 24.6. The van der Waals surface area contributed by atoms with Crippen molar-refractivity contribution < 1.29 is 23.5 Å². The number of rotatable bonds is 6. The van der Waals surface area contributed by atoms with Crippen LogP contribution in [0.2, 0.25) is 0 Å². The summed E-state index contributed by atoms with van der Waals surface area (Å²) in [5.41, 5.74) is 3.47. The molecule has 5 heteroatoms. The van der Waals surface area contributed by atoms with Crippen molar-refractivity contribution in [3.8, 4) is 5.75 Å². The maximum Gasteiger partial charge on any atom is 0.343 e. The van der Waals surface area contributed by atoms with Gasteiger partial charge in [-0.3, -0.25) is 4.79 Å². The van der Waals surface area contributed by atoms with E-state index in [4.69, 9.17) is 9.15 Å². The number of ether oxygens (including phenoxy) is 2. The first-order chi connectivity index (χ1) is 13.0. The van der Waals surface area contributed by atoms with Gasteiger partial charge in [0.15, 0.2) is 12.4 Å². The topological polar surface area (TPSA) is 65.7 Å². The van der Waals surface area contributed by atoms with Crippen LogP contribution < -0.4 is 4.74 Å². The molecule has 0 saturated heterocycles. The van der Waals surface area contributed by atoms with Crippen LogP contribution in [-0.2, 0) is 16.0 Å².